The molecule has 0 amide bonds. The van der Waals surface area contributed by atoms with Crippen LogP contribution in [-0.2, 0) is 0 Å². The maximum atomic E-state index is 3.36. The van der Waals surface area contributed by atoms with Crippen LogP contribution in [-0.4, -0.2) is 0 Å². The van der Waals surface area contributed by atoms with Crippen molar-refractivity contribution in [1.29, 1.82) is 0 Å². The van der Waals surface area contributed by atoms with Gasteiger partial charge in [-0.05, 0) is 69.8 Å². The summed E-state index contributed by atoms with van der Waals surface area (Å²) in [6.07, 6.45) is 3.00. The summed E-state index contributed by atoms with van der Waals surface area (Å²) in [5.74, 6) is 0. The Kier molecular flexibility index (Phi) is 9.83. The Hall–Kier alpha value is -3.90. The van der Waals surface area contributed by atoms with Crippen molar-refractivity contribution in [2.45, 2.75) is 41.0 Å². The molecule has 0 radical (unpaired) electrons. The number of hydrogen-bond donors (Lipinski definition) is 0. The van der Waals surface area contributed by atoms with Gasteiger partial charge in [0.15, 0.2) is 0 Å². The highest BCUT2D eigenvalue weighted by molar-refractivity contribution is 6.23. The van der Waals surface area contributed by atoms with Crippen LogP contribution in [0.2, 0.25) is 0 Å². The minimum Gasteiger partial charge on any atom is -0.103 e. The van der Waals surface area contributed by atoms with Gasteiger partial charge in [-0.2, -0.15) is 0 Å². The van der Waals surface area contributed by atoms with Crippen LogP contribution in [0.5, 0.6) is 0 Å². The van der Waals surface area contributed by atoms with Crippen molar-refractivity contribution in [3.05, 3.63) is 133 Å². The van der Waals surface area contributed by atoms with Crippen LogP contribution in [0.25, 0.3) is 43.4 Å². The maximum absolute atomic E-state index is 3.36. The van der Waals surface area contributed by atoms with Gasteiger partial charge in [-0.15, -0.1) is 6.58 Å². The van der Waals surface area contributed by atoms with Crippen molar-refractivity contribution < 1.29 is 0 Å². The molecule has 6 aromatic carbocycles. The van der Waals surface area contributed by atoms with Crippen LogP contribution < -0.4 is 0 Å². The second-order valence-electron chi connectivity index (χ2n) is 9.09. The molecule has 0 aliphatic heterocycles. The summed E-state index contributed by atoms with van der Waals surface area (Å²) in [5.41, 5.74) is 5.23. The summed E-state index contributed by atoms with van der Waals surface area (Å²) in [4.78, 5) is 0. The molecule has 6 rings (SSSR count). The van der Waals surface area contributed by atoms with E-state index >= 15 is 0 Å². The smallest absolute Gasteiger partial charge is 0.00241 e. The lowest BCUT2D eigenvalue weighted by atomic mass is 9.92. The standard InChI is InChI=1S/C17H12.C13H12.C3H8.C3H6/c1-11-5-6-14-8-7-12-3-2-4-13-9-10-15(11)17(14)16(12)13;1-11-7-9-13(10-8-11)12-5-3-2-4-6-12;2*1-3-2/h2-10H,1H3;2-10H,1H3;3H2,1-2H3;3H,1H2,2H3. The fraction of sp³-hybridized carbons (Fsp3) is 0.167. The summed E-state index contributed by atoms with van der Waals surface area (Å²) < 4.78 is 0. The van der Waals surface area contributed by atoms with Gasteiger partial charge in [0.25, 0.3) is 0 Å². The van der Waals surface area contributed by atoms with Crippen molar-refractivity contribution in [2.75, 3.05) is 0 Å². The Balaban J connectivity index is 0.000000169. The van der Waals surface area contributed by atoms with E-state index in [1.807, 2.05) is 13.0 Å². The Morgan fingerprint density at radius 3 is 1.61 bits per heavy atom. The molecule has 0 saturated heterocycles. The van der Waals surface area contributed by atoms with E-state index in [1.54, 1.807) is 6.08 Å². The van der Waals surface area contributed by atoms with Crippen molar-refractivity contribution in [2.24, 2.45) is 0 Å². The topological polar surface area (TPSA) is 0 Å². The van der Waals surface area contributed by atoms with E-state index < -0.39 is 0 Å². The third-order valence-electron chi connectivity index (χ3n) is 5.91. The Bertz CT molecular complexity index is 1470. The molecule has 0 heterocycles. The van der Waals surface area contributed by atoms with Crippen LogP contribution in [0.3, 0.4) is 0 Å². The molecule has 0 aromatic heterocycles. The molecule has 0 atom stereocenters. The van der Waals surface area contributed by atoms with E-state index in [2.05, 4.69) is 137 Å². The summed E-state index contributed by atoms with van der Waals surface area (Å²) in [6, 6.07) is 38.9. The zero-order chi connectivity index (χ0) is 25.9. The molecule has 0 N–H and O–H groups in total. The molecular weight excluding hydrogens is 432 g/mol. The first kappa shape index (κ1) is 26.7. The molecule has 0 aliphatic carbocycles. The zero-order valence-corrected chi connectivity index (χ0v) is 22.4. The Morgan fingerprint density at radius 2 is 1.03 bits per heavy atom. The molecule has 6 aromatic rings. The fourth-order valence-electron chi connectivity index (χ4n) is 4.26. The maximum Gasteiger partial charge on any atom is -0.00241 e. The van der Waals surface area contributed by atoms with E-state index in [9.17, 15) is 0 Å². The molecule has 0 aliphatic rings. The third-order valence-corrected chi connectivity index (χ3v) is 5.91. The average Bonchev–Trinajstić information content (AvgIpc) is 2.91. The molecule has 0 heteroatoms. The van der Waals surface area contributed by atoms with Gasteiger partial charge < -0.3 is 0 Å². The molecule has 0 nitrogen and oxygen atoms in total. The number of benzene rings is 6. The normalized spacial score (nSPS) is 10.0. The van der Waals surface area contributed by atoms with Crippen molar-refractivity contribution >= 4 is 32.3 Å². The number of allylic oxidation sites excluding steroid dienone is 1. The van der Waals surface area contributed by atoms with Gasteiger partial charge in [0.2, 0.25) is 0 Å². The van der Waals surface area contributed by atoms with Crippen LogP contribution in [0.1, 0.15) is 38.3 Å². The van der Waals surface area contributed by atoms with E-state index in [1.165, 1.54) is 61.0 Å². The van der Waals surface area contributed by atoms with Crippen LogP contribution in [0.15, 0.2) is 122 Å². The Labute approximate surface area is 217 Å². The predicted molar refractivity (Wildman–Crippen MR) is 163 cm³/mol. The molecule has 0 unspecified atom stereocenters. The fourth-order valence-corrected chi connectivity index (χ4v) is 4.26. The van der Waals surface area contributed by atoms with Crippen molar-refractivity contribution in [3.8, 4) is 11.1 Å². The zero-order valence-electron chi connectivity index (χ0n) is 22.4. The van der Waals surface area contributed by atoms with E-state index in [0.717, 1.165) is 0 Å². The van der Waals surface area contributed by atoms with Gasteiger partial charge in [-0.3, -0.25) is 0 Å². The predicted octanol–water partition coefficient (Wildman–Crippen LogP) is 11.2. The largest absolute Gasteiger partial charge is 0.103 e. The lowest BCUT2D eigenvalue weighted by molar-refractivity contribution is 1.09. The third kappa shape index (κ3) is 6.40. The van der Waals surface area contributed by atoms with Gasteiger partial charge in [-0.1, -0.05) is 141 Å². The summed E-state index contributed by atoms with van der Waals surface area (Å²) in [5, 5.41) is 8.23. The molecule has 0 bridgehead atoms. The highest BCUT2D eigenvalue weighted by Gasteiger charge is 2.08. The minimum atomic E-state index is 1.25. The van der Waals surface area contributed by atoms with Crippen LogP contribution in [0.4, 0.5) is 0 Å². The SMILES string of the molecule is C=CC.CCC.Cc1ccc(-c2ccccc2)cc1.Cc1ccc2ccc3cccc4ccc1c2c34. The summed E-state index contributed by atoms with van der Waals surface area (Å²) in [6.45, 7) is 13.8. The summed E-state index contributed by atoms with van der Waals surface area (Å²) in [7, 11) is 0. The van der Waals surface area contributed by atoms with E-state index in [0.29, 0.717) is 0 Å². The Morgan fingerprint density at radius 1 is 0.556 bits per heavy atom. The highest BCUT2D eigenvalue weighted by Crippen LogP contribution is 2.35. The molecule has 182 valence electrons. The van der Waals surface area contributed by atoms with Gasteiger partial charge in [0.05, 0.1) is 0 Å². The molecule has 36 heavy (non-hydrogen) atoms. The van der Waals surface area contributed by atoms with Crippen molar-refractivity contribution in [1.82, 2.24) is 0 Å². The van der Waals surface area contributed by atoms with Gasteiger partial charge in [-0.25, -0.2) is 0 Å². The highest BCUT2D eigenvalue weighted by atomic mass is 14.1. The first-order valence-corrected chi connectivity index (χ1v) is 12.9. The molecule has 0 fully saturated rings. The van der Waals surface area contributed by atoms with E-state index in [4.69, 9.17) is 0 Å². The molecular formula is C36H38. The second-order valence-corrected chi connectivity index (χ2v) is 9.09. The number of aryl methyl sites for hydroxylation is 2. The minimum absolute atomic E-state index is 1.25. The molecule has 0 spiro atoms. The molecule has 0 saturated carbocycles. The summed E-state index contributed by atoms with van der Waals surface area (Å²) >= 11 is 0. The van der Waals surface area contributed by atoms with Gasteiger partial charge in [0, 0.05) is 0 Å². The average molecular weight is 471 g/mol. The first-order valence-electron chi connectivity index (χ1n) is 12.9. The van der Waals surface area contributed by atoms with Crippen LogP contribution in [0, 0.1) is 13.8 Å². The number of hydrogen-bond acceptors (Lipinski definition) is 0. The lowest BCUT2D eigenvalue weighted by Crippen LogP contribution is -1.85. The first-order chi connectivity index (χ1) is 17.5. The van der Waals surface area contributed by atoms with Gasteiger partial charge >= 0.3 is 0 Å². The van der Waals surface area contributed by atoms with Crippen LogP contribution >= 0.6 is 0 Å². The number of rotatable bonds is 1. The van der Waals surface area contributed by atoms with Crippen molar-refractivity contribution in [3.63, 3.8) is 0 Å². The second kappa shape index (κ2) is 13.3. The lowest BCUT2D eigenvalue weighted by Gasteiger charge is -2.11. The van der Waals surface area contributed by atoms with Gasteiger partial charge in [0.1, 0.15) is 0 Å². The quantitative estimate of drug-likeness (QED) is 0.165. The van der Waals surface area contributed by atoms with E-state index in [-0.39, 0.29) is 0 Å². The monoisotopic (exact) mass is 470 g/mol.